The highest BCUT2D eigenvalue weighted by Crippen LogP contribution is 2.37. The average Bonchev–Trinajstić information content (AvgIpc) is 1.40. The van der Waals surface area contributed by atoms with Gasteiger partial charge in [0.1, 0.15) is 63.8 Å². The molecule has 0 bridgehead atoms. The third-order valence-corrected chi connectivity index (χ3v) is 21.8. The van der Waals surface area contributed by atoms with Crippen molar-refractivity contribution in [2.24, 2.45) is 0 Å². The number of benzene rings is 8. The predicted octanol–water partition coefficient (Wildman–Crippen LogP) is 18.0. The number of ether oxygens (including phenoxy) is 4. The third-order valence-electron chi connectivity index (χ3n) is 21.8. The third kappa shape index (κ3) is 20.3. The molecule has 12 aromatic rings. The maximum absolute atomic E-state index is 13.3. The van der Waals surface area contributed by atoms with E-state index in [1.54, 1.807) is 134 Å². The average molecular weight is 1730 g/mol. The Morgan fingerprint density at radius 2 is 0.664 bits per heavy atom. The number of nitrogens with one attached hydrogen (secondary N) is 7. The minimum atomic E-state index is -0.706. The van der Waals surface area contributed by atoms with Crippen molar-refractivity contribution in [2.75, 3.05) is 35.0 Å². The molecule has 4 aliphatic heterocycles. The van der Waals surface area contributed by atoms with Gasteiger partial charge in [0.25, 0.3) is 5.91 Å². The number of amides is 8. The minimum absolute atomic E-state index is 0.0249. The molecule has 16 rings (SSSR count). The summed E-state index contributed by atoms with van der Waals surface area (Å²) in [6, 6.07) is 42.8. The first-order valence-electron chi connectivity index (χ1n) is 40.5. The van der Waals surface area contributed by atoms with Gasteiger partial charge in [-0.15, -0.1) is 0 Å². The summed E-state index contributed by atoms with van der Waals surface area (Å²) < 4.78 is 82.8. The van der Waals surface area contributed by atoms with Crippen LogP contribution in [0.15, 0.2) is 242 Å². The van der Waals surface area contributed by atoms with E-state index in [1.807, 2.05) is 157 Å². The summed E-state index contributed by atoms with van der Waals surface area (Å²) in [5.41, 5.74) is 14.7. The van der Waals surface area contributed by atoms with Crippen LogP contribution in [0.2, 0.25) is 0 Å². The second kappa shape index (κ2) is 39.3. The molecular formula is C96H93F4N19O9. The summed E-state index contributed by atoms with van der Waals surface area (Å²) in [5, 5.41) is 42.3. The number of halogens is 4. The van der Waals surface area contributed by atoms with E-state index < -0.39 is 41.9 Å². The van der Waals surface area contributed by atoms with Gasteiger partial charge >= 0.3 is 18.1 Å². The van der Waals surface area contributed by atoms with Crippen LogP contribution in [-0.4, -0.2) is 146 Å². The lowest BCUT2D eigenvalue weighted by atomic mass is 9.96. The van der Waals surface area contributed by atoms with Crippen LogP contribution in [0.3, 0.4) is 0 Å². The van der Waals surface area contributed by atoms with Gasteiger partial charge in [-0.2, -0.15) is 0 Å². The molecule has 4 fully saturated rings. The molecule has 8 amide bonds. The second-order valence-corrected chi connectivity index (χ2v) is 30.4. The van der Waals surface area contributed by atoms with Crippen molar-refractivity contribution in [1.29, 1.82) is 21.6 Å². The zero-order valence-electron chi connectivity index (χ0n) is 72.1. The number of hydrogen-bond donors (Lipinski definition) is 7. The highest BCUT2D eigenvalue weighted by atomic mass is 19.1. The molecule has 7 N–H and O–H groups in total. The van der Waals surface area contributed by atoms with Crippen LogP contribution >= 0.6 is 0 Å². The smallest absolute Gasteiger partial charge is 0.330 e. The first-order chi connectivity index (χ1) is 61.4. The molecule has 4 aliphatic rings. The van der Waals surface area contributed by atoms with E-state index >= 15 is 0 Å². The van der Waals surface area contributed by atoms with Crippen molar-refractivity contribution in [3.63, 3.8) is 0 Å². The summed E-state index contributed by atoms with van der Waals surface area (Å²) in [6.45, 7) is 15.1. The molecule has 4 unspecified atom stereocenters. The molecule has 128 heavy (non-hydrogen) atoms. The van der Waals surface area contributed by atoms with Gasteiger partial charge in [-0.05, 0) is 233 Å². The highest BCUT2D eigenvalue weighted by molar-refractivity contribution is 6.32. The van der Waals surface area contributed by atoms with Crippen LogP contribution in [0.5, 0.6) is 23.0 Å². The van der Waals surface area contributed by atoms with Crippen molar-refractivity contribution in [3.05, 3.63) is 333 Å². The van der Waals surface area contributed by atoms with E-state index in [9.17, 15) is 41.5 Å². The van der Waals surface area contributed by atoms with Gasteiger partial charge in [-0.1, -0.05) is 72.8 Å². The first kappa shape index (κ1) is 89.9. The standard InChI is InChI=1S/C25H25FN4O2.C24H22FN5O3.C24H24FN5O2.C23H22FN5O2/c1-16-14-29(15-28-16)22-10-4-18(13-23(22)32-3)12-20-7-11-24(31)30(25(20)27)17(2)19-5-8-21(26)9-6-19;1-14-12-29(13-27-14)20-9-4-16(11-21(20)33-3)10-19-22(26)30(24(32)28-23(19)31)15(2)17-5-7-18(25)8-6-17;1-15-13-29(14-28-15)21-9-4-17(11-22(21)32-3)10-19-12-27-24(31)30(23(19)26)16(2)18-5-7-20(25)8-6-18;1-14-12-28(13-26-14)20-9-4-16(11-21(20)31-3)10-19-22(25)29(23(30)27-19)15(2)17-5-7-18(24)8-6-17/h4-6,8-10,12-15,17,27H,7,11H2,1-3H3;4-13,15,26H,1-3H3,(H,28,31,32);4-11,13-14,16,26H,12H2,1-3H3,(H,27,31);4-13,15,25H,1-3H3,(H,27,30)/b20-12+,27-25?;19-10-,26-22?;19-10+,26-23?;19-10-,25-22?. The summed E-state index contributed by atoms with van der Waals surface area (Å²) in [6.07, 6.45) is 22.3. The Hall–Kier alpha value is -15.9. The number of imide groups is 1. The van der Waals surface area contributed by atoms with Crippen molar-refractivity contribution < 1.29 is 60.5 Å². The van der Waals surface area contributed by atoms with Crippen LogP contribution in [0.4, 0.5) is 31.9 Å². The quantitative estimate of drug-likeness (QED) is 0.0276. The summed E-state index contributed by atoms with van der Waals surface area (Å²) in [7, 11) is 6.35. The van der Waals surface area contributed by atoms with Crippen molar-refractivity contribution in [3.8, 4) is 45.7 Å². The lowest BCUT2D eigenvalue weighted by Crippen LogP contribution is -2.54. The number of urea groups is 3. The molecule has 0 saturated carbocycles. The number of piperidine rings is 1. The molecule has 28 nitrogen and oxygen atoms in total. The molecule has 0 aliphatic carbocycles. The first-order valence-corrected chi connectivity index (χ1v) is 40.5. The number of likely N-dealkylation sites (tertiary alicyclic amines) is 1. The fourth-order valence-corrected chi connectivity index (χ4v) is 14.9. The van der Waals surface area contributed by atoms with Crippen LogP contribution in [-0.2, 0) is 9.59 Å². The second-order valence-electron chi connectivity index (χ2n) is 30.4. The predicted molar refractivity (Wildman–Crippen MR) is 479 cm³/mol. The molecule has 8 aromatic carbocycles. The molecule has 0 radical (unpaired) electrons. The Bertz CT molecular complexity index is 6200. The minimum Gasteiger partial charge on any atom is -0.495 e. The Balaban J connectivity index is 0.000000146. The van der Waals surface area contributed by atoms with Gasteiger partial charge in [0.15, 0.2) is 5.84 Å². The van der Waals surface area contributed by atoms with Crippen molar-refractivity contribution in [1.82, 2.24) is 73.8 Å². The number of rotatable bonds is 20. The summed E-state index contributed by atoms with van der Waals surface area (Å²) in [5.74, 6) is 0.446. The van der Waals surface area contributed by atoms with Gasteiger partial charge in [-0.3, -0.25) is 56.1 Å². The summed E-state index contributed by atoms with van der Waals surface area (Å²) >= 11 is 0. The van der Waals surface area contributed by atoms with E-state index in [1.165, 1.54) is 74.2 Å². The maximum atomic E-state index is 13.3. The molecule has 32 heteroatoms. The van der Waals surface area contributed by atoms with Crippen molar-refractivity contribution in [2.45, 2.75) is 92.4 Å². The number of carbonyl (C=O) groups excluding carboxylic acids is 5. The van der Waals surface area contributed by atoms with E-state index in [2.05, 4.69) is 35.9 Å². The molecule has 4 atom stereocenters. The monoisotopic (exact) mass is 1730 g/mol. The maximum Gasteiger partial charge on any atom is 0.330 e. The van der Waals surface area contributed by atoms with Gasteiger partial charge in [0.05, 0.1) is 135 Å². The molecule has 0 spiro atoms. The van der Waals surface area contributed by atoms with E-state index in [0.29, 0.717) is 58.2 Å². The van der Waals surface area contributed by atoms with E-state index in [0.717, 1.165) is 84.5 Å². The van der Waals surface area contributed by atoms with Gasteiger partial charge < -0.3 is 47.8 Å². The lowest BCUT2D eigenvalue weighted by Gasteiger charge is -2.34. The van der Waals surface area contributed by atoms with E-state index in [4.69, 9.17) is 40.6 Å². The number of amidine groups is 4. The molecule has 8 heterocycles. The summed E-state index contributed by atoms with van der Waals surface area (Å²) in [4.78, 5) is 85.2. The Morgan fingerprint density at radius 1 is 0.359 bits per heavy atom. The number of aryl methyl sites for hydroxylation is 4. The van der Waals surface area contributed by atoms with Gasteiger partial charge in [0.2, 0.25) is 5.91 Å². The zero-order chi connectivity index (χ0) is 91.5. The number of imidazole rings is 4. The Labute approximate surface area is 735 Å². The number of carbonyl (C=O) groups is 5. The van der Waals surface area contributed by atoms with Gasteiger partial charge in [-0.25, -0.2) is 51.9 Å². The largest absolute Gasteiger partial charge is 0.495 e. The Kier molecular flexibility index (Phi) is 27.6. The fourth-order valence-electron chi connectivity index (χ4n) is 14.9. The van der Waals surface area contributed by atoms with Crippen LogP contribution in [0, 0.1) is 72.6 Å². The number of methoxy groups -OCH3 is 4. The number of hydrogen-bond acceptors (Lipinski definition) is 17. The SMILES string of the molecule is COc1cc(/C=C2/C(=N)N(C(C)c3ccc(F)cc3)C(=O)NC2=O)ccc1-n1cnc(C)c1.COc1cc(/C=C2\CCC(=O)N(C(C)c3ccc(F)cc3)C2=N)ccc1-n1cnc(C)c1.COc1cc(/C=C2\CNC(=O)N(C(C)c3ccc(F)cc3)C2=N)ccc1-n1cnc(C)c1.COc1cc(/C=C2\NC(=O)N(C(C)c3ccc(F)cc3)C2=N)ccc1-n1cnc(C)c1. The lowest BCUT2D eigenvalue weighted by molar-refractivity contribution is -0.129. The van der Waals surface area contributed by atoms with Crippen LogP contribution in [0.1, 0.15) is 132 Å². The topological polar surface area (TPSA) is 338 Å². The van der Waals surface area contributed by atoms with Crippen molar-refractivity contribution >= 4 is 77.6 Å². The van der Waals surface area contributed by atoms with Crippen LogP contribution < -0.4 is 34.9 Å². The van der Waals surface area contributed by atoms with Crippen LogP contribution in [0.25, 0.3) is 47.1 Å². The van der Waals surface area contributed by atoms with E-state index in [-0.39, 0.29) is 70.9 Å². The number of nitrogens with zero attached hydrogens (tertiary/aromatic N) is 12. The molecule has 4 aromatic heterocycles. The highest BCUT2D eigenvalue weighted by Gasteiger charge is 2.39. The number of aromatic nitrogens is 8. The molecular weight excluding hydrogens is 1640 g/mol. The fraction of sp³-hybridized carbons (Fsp3) is 0.198. The molecule has 4 saturated heterocycles. The van der Waals surface area contributed by atoms with Gasteiger partial charge in [0, 0.05) is 43.3 Å². The zero-order valence-corrected chi connectivity index (χ0v) is 72.1. The Morgan fingerprint density at radius 3 is 1.01 bits per heavy atom. The molecule has 654 valence electrons. The normalized spacial score (nSPS) is 16.2.